The van der Waals surface area contributed by atoms with Crippen molar-refractivity contribution in [1.82, 2.24) is 10.6 Å². The molecule has 0 atom stereocenters. The summed E-state index contributed by atoms with van der Waals surface area (Å²) >= 11 is 4.97. The molecule has 2 heterocycles. The Balaban J connectivity index is 0.00000180. The van der Waals surface area contributed by atoms with Gasteiger partial charge in [0, 0.05) is 19.5 Å². The van der Waals surface area contributed by atoms with Crippen LogP contribution in [0.2, 0.25) is 0 Å². The van der Waals surface area contributed by atoms with Gasteiger partial charge < -0.3 is 15.2 Å². The van der Waals surface area contributed by atoms with E-state index in [1.54, 1.807) is 11.0 Å². The summed E-state index contributed by atoms with van der Waals surface area (Å²) in [7, 11) is 0. The number of halogens is 1. The fraction of sp³-hybridized carbons (Fsp3) is 0.600. The molecular weight excluding hydrogens is 334 g/mol. The van der Waals surface area contributed by atoms with E-state index in [0.717, 1.165) is 26.2 Å². The maximum Gasteiger partial charge on any atom is 0.257 e. The van der Waals surface area contributed by atoms with Crippen molar-refractivity contribution >= 4 is 45.9 Å². The number of thiocarbonyl (C=S) groups is 1. The number of carbonyl (C=O) groups excluding carboxylic acids is 1. The summed E-state index contributed by atoms with van der Waals surface area (Å²) < 4.78 is 5.06. The van der Waals surface area contributed by atoms with Gasteiger partial charge in [-0.3, -0.25) is 4.79 Å². The molecule has 1 aliphatic heterocycles. The van der Waals surface area contributed by atoms with Crippen LogP contribution in [0, 0.1) is 0 Å². The van der Waals surface area contributed by atoms with Gasteiger partial charge >= 0.3 is 0 Å². The molecule has 0 spiro atoms. The monoisotopic (exact) mass is 349 g/mol. The van der Waals surface area contributed by atoms with E-state index < -0.39 is 0 Å². The van der Waals surface area contributed by atoms with Crippen LogP contribution in [0.25, 0.3) is 5.32 Å². The zero-order chi connectivity index (χ0) is 13.0. The zero-order valence-electron chi connectivity index (χ0n) is 10.5. The van der Waals surface area contributed by atoms with Crippen LogP contribution in [0.5, 0.6) is 0 Å². The molecule has 1 saturated heterocycles. The first-order valence-electron chi connectivity index (χ1n) is 5.74. The third kappa shape index (κ3) is 4.84. The smallest absolute Gasteiger partial charge is 0.257 e. The van der Waals surface area contributed by atoms with Crippen LogP contribution < -0.4 is 15.1 Å². The summed E-state index contributed by atoms with van der Waals surface area (Å²) in [5.74, 6) is 0.304. The predicted octanol–water partition coefficient (Wildman–Crippen LogP) is 0.393. The van der Waals surface area contributed by atoms with Crippen LogP contribution >= 0.6 is 29.2 Å². The summed E-state index contributed by atoms with van der Waals surface area (Å²) in [6.07, 6.45) is 1.82. The molecule has 1 N–H and O–H groups in total. The molecule has 1 aliphatic rings. The first-order chi connectivity index (χ1) is 8.65. The second-order valence-electron chi connectivity index (χ2n) is 4.05. The minimum absolute atomic E-state index is 0. The molecule has 106 valence electrons. The van der Waals surface area contributed by atoms with E-state index in [-0.39, 0.29) is 29.2 Å². The molecule has 0 unspecified atom stereocenters. The Kier molecular flexibility index (Phi) is 6.32. The number of piperazine rings is 1. The molecular formula is C10H16BrN5O2S. The van der Waals surface area contributed by atoms with Crippen molar-refractivity contribution in [2.24, 2.45) is 0 Å². The molecule has 0 aromatic carbocycles. The average molecular weight is 350 g/mol. The fourth-order valence-corrected chi connectivity index (χ4v) is 1.94. The van der Waals surface area contributed by atoms with Gasteiger partial charge in [0.05, 0.1) is 17.9 Å². The molecule has 0 radical (unpaired) electrons. The Morgan fingerprint density at radius 3 is 2.95 bits per heavy atom. The Labute approximate surface area is 127 Å². The number of rotatable bonds is 4. The summed E-state index contributed by atoms with van der Waals surface area (Å²) in [4.78, 5) is 12.8. The minimum atomic E-state index is -0.0155. The molecule has 1 fully saturated rings. The number of nitrogens with one attached hydrogen (secondary N) is 1. The van der Waals surface area contributed by atoms with E-state index >= 15 is 0 Å². The van der Waals surface area contributed by atoms with Crippen molar-refractivity contribution < 1.29 is 14.1 Å². The predicted molar refractivity (Wildman–Crippen MR) is 78.8 cm³/mol. The van der Waals surface area contributed by atoms with E-state index in [1.807, 2.05) is 5.01 Å². The number of aromatic nitrogens is 2. The van der Waals surface area contributed by atoms with Crippen LogP contribution in [0.3, 0.4) is 0 Å². The molecule has 1 aromatic heterocycles. The quantitative estimate of drug-likeness (QED) is 0.626. The Morgan fingerprint density at radius 1 is 1.63 bits per heavy atom. The van der Waals surface area contributed by atoms with Crippen LogP contribution in [0.1, 0.15) is 13.3 Å². The van der Waals surface area contributed by atoms with Gasteiger partial charge in [0.1, 0.15) is 11.7 Å². The largest absolute Gasteiger partial charge is 0.613 e. The van der Waals surface area contributed by atoms with E-state index in [2.05, 4.69) is 15.9 Å². The molecule has 2 rings (SSSR count). The SMILES string of the molecule is Br.CC(=O)CC(=S)[N-]c1c[n+](N2CCNCC2)no1. The molecule has 0 bridgehead atoms. The van der Waals surface area contributed by atoms with Gasteiger partial charge in [0.2, 0.25) is 5.27 Å². The lowest BCUT2D eigenvalue weighted by molar-refractivity contribution is -0.758. The van der Waals surface area contributed by atoms with Crippen LogP contribution in [-0.2, 0) is 4.79 Å². The number of ketones is 1. The Hall–Kier alpha value is -1.06. The number of hydrogen-bond donors (Lipinski definition) is 1. The van der Waals surface area contributed by atoms with E-state index in [1.165, 1.54) is 6.92 Å². The van der Waals surface area contributed by atoms with Gasteiger partial charge in [-0.15, -0.1) is 29.2 Å². The van der Waals surface area contributed by atoms with Gasteiger partial charge in [0.25, 0.3) is 6.20 Å². The first kappa shape index (κ1) is 16.0. The Bertz CT molecular complexity index is 447. The highest BCUT2D eigenvalue weighted by Gasteiger charge is 2.20. The average Bonchev–Trinajstić information content (AvgIpc) is 2.77. The standard InChI is InChI=1S/C10H15N5O2S.BrH/c1-8(16)6-10(18)12-9-7-15(13-17-9)14-4-2-11-3-5-14;/h7,11H,2-6H2,1H3;1H. The van der Waals surface area contributed by atoms with Crippen molar-refractivity contribution in [3.63, 3.8) is 0 Å². The fourth-order valence-electron chi connectivity index (χ4n) is 1.65. The van der Waals surface area contributed by atoms with E-state index in [0.29, 0.717) is 10.9 Å². The molecule has 0 saturated carbocycles. The summed E-state index contributed by atoms with van der Waals surface area (Å²) in [5, 5.41) is 13.2. The topological polar surface area (TPSA) is 76.4 Å². The van der Waals surface area contributed by atoms with Gasteiger partial charge in [-0.2, -0.15) is 5.01 Å². The molecule has 7 nitrogen and oxygen atoms in total. The number of hydrogen-bond acceptors (Lipinski definition) is 6. The highest BCUT2D eigenvalue weighted by Crippen LogP contribution is 2.16. The second-order valence-corrected chi connectivity index (χ2v) is 4.52. The van der Waals surface area contributed by atoms with Gasteiger partial charge in [-0.25, -0.2) is 0 Å². The number of nitrogens with zero attached hydrogens (tertiary/aromatic N) is 4. The van der Waals surface area contributed by atoms with Gasteiger partial charge in [-0.05, 0) is 6.92 Å². The molecule has 0 aliphatic carbocycles. The zero-order valence-corrected chi connectivity index (χ0v) is 13.1. The molecule has 0 amide bonds. The maximum absolute atomic E-state index is 10.9. The third-order valence-electron chi connectivity index (χ3n) is 2.46. The molecule has 19 heavy (non-hydrogen) atoms. The van der Waals surface area contributed by atoms with Gasteiger partial charge in [0.15, 0.2) is 0 Å². The lowest BCUT2D eigenvalue weighted by Gasteiger charge is -2.19. The normalized spacial score (nSPS) is 14.7. The lowest BCUT2D eigenvalue weighted by atomic mass is 10.3. The van der Waals surface area contributed by atoms with Crippen LogP contribution in [0.4, 0.5) is 5.88 Å². The molecule has 9 heteroatoms. The van der Waals surface area contributed by atoms with Crippen LogP contribution in [-0.4, -0.2) is 42.2 Å². The summed E-state index contributed by atoms with van der Waals surface area (Å²) in [6, 6.07) is 0. The van der Waals surface area contributed by atoms with E-state index in [4.69, 9.17) is 16.7 Å². The van der Waals surface area contributed by atoms with Crippen molar-refractivity contribution in [1.29, 1.82) is 0 Å². The van der Waals surface area contributed by atoms with Crippen LogP contribution in [0.15, 0.2) is 10.7 Å². The first-order valence-corrected chi connectivity index (χ1v) is 6.14. The number of carbonyl (C=O) groups is 1. The van der Waals surface area contributed by atoms with Gasteiger partial charge in [-0.1, -0.05) is 4.99 Å². The van der Waals surface area contributed by atoms with E-state index in [9.17, 15) is 4.79 Å². The third-order valence-corrected chi connectivity index (χ3v) is 2.70. The molecule has 1 aromatic rings. The highest BCUT2D eigenvalue weighted by atomic mass is 79.9. The highest BCUT2D eigenvalue weighted by molar-refractivity contribution is 8.93. The minimum Gasteiger partial charge on any atom is -0.613 e. The van der Waals surface area contributed by atoms with Crippen molar-refractivity contribution in [2.45, 2.75) is 13.3 Å². The van der Waals surface area contributed by atoms with Crippen molar-refractivity contribution in [2.75, 3.05) is 31.2 Å². The number of Topliss-reactive ketones (excluding diaryl/α,β-unsaturated/α-hetero) is 1. The second kappa shape index (κ2) is 7.51. The summed E-state index contributed by atoms with van der Waals surface area (Å²) in [6.45, 7) is 5.01. The van der Waals surface area contributed by atoms with Crippen molar-refractivity contribution in [3.05, 3.63) is 11.5 Å². The summed E-state index contributed by atoms with van der Waals surface area (Å²) in [5.41, 5.74) is 0. The van der Waals surface area contributed by atoms with Crippen molar-refractivity contribution in [3.8, 4) is 0 Å². The Morgan fingerprint density at radius 2 is 2.32 bits per heavy atom. The maximum atomic E-state index is 10.9. The lowest BCUT2D eigenvalue weighted by Crippen LogP contribution is -2.64.